The number of carbonyl (C=O) groups excluding carboxylic acids is 1. The van der Waals surface area contributed by atoms with E-state index in [9.17, 15) is 4.79 Å². The molecule has 2 aromatic rings. The number of anilines is 1. The lowest BCUT2D eigenvalue weighted by molar-refractivity contribution is -0.121. The molecule has 0 aliphatic heterocycles. The number of aryl methyl sites for hydroxylation is 3. The second-order valence-electron chi connectivity index (χ2n) is 7.49. The van der Waals surface area contributed by atoms with Crippen LogP contribution in [-0.4, -0.2) is 20.8 Å². The van der Waals surface area contributed by atoms with Gasteiger partial charge in [0.2, 0.25) is 5.91 Å². The highest BCUT2D eigenvalue weighted by atomic mass is 32.1. The number of benzene rings is 1. The standard InChI is InChI=1S/C21H31N5OS/c1-7-17-10-8-9-14(4)20(17)22-21(28)24-23-19(27)11-18-15(5)25-26(16(18)6)12-13(2)3/h8-10,13H,7,11-12H2,1-6H3,(H,23,27)(H2,22,24,28). The van der Waals surface area contributed by atoms with Crippen LogP contribution in [0.2, 0.25) is 0 Å². The first-order valence-electron chi connectivity index (χ1n) is 9.70. The first-order chi connectivity index (χ1) is 13.2. The van der Waals surface area contributed by atoms with Crippen LogP contribution in [0, 0.1) is 26.7 Å². The van der Waals surface area contributed by atoms with Gasteiger partial charge in [-0.2, -0.15) is 5.10 Å². The Morgan fingerprint density at radius 1 is 1.21 bits per heavy atom. The molecule has 0 fully saturated rings. The molecule has 0 aliphatic carbocycles. The molecule has 0 saturated heterocycles. The van der Waals surface area contributed by atoms with Gasteiger partial charge in [-0.3, -0.25) is 20.3 Å². The molecule has 3 N–H and O–H groups in total. The summed E-state index contributed by atoms with van der Waals surface area (Å²) in [6.07, 6.45) is 1.16. The molecule has 0 spiro atoms. The highest BCUT2D eigenvalue weighted by molar-refractivity contribution is 7.80. The van der Waals surface area contributed by atoms with Crippen LogP contribution in [0.5, 0.6) is 0 Å². The Labute approximate surface area is 173 Å². The van der Waals surface area contributed by atoms with Crippen molar-refractivity contribution in [2.75, 3.05) is 5.32 Å². The quantitative estimate of drug-likeness (QED) is 0.510. The number of nitrogens with zero attached hydrogens (tertiary/aromatic N) is 2. The zero-order valence-corrected chi connectivity index (χ0v) is 18.5. The summed E-state index contributed by atoms with van der Waals surface area (Å²) in [5.41, 5.74) is 11.6. The van der Waals surface area contributed by atoms with Crippen molar-refractivity contribution in [2.24, 2.45) is 5.92 Å². The zero-order chi connectivity index (χ0) is 20.8. The van der Waals surface area contributed by atoms with Gasteiger partial charge in [-0.25, -0.2) is 0 Å². The number of carbonyl (C=O) groups is 1. The van der Waals surface area contributed by atoms with Crippen molar-refractivity contribution in [3.8, 4) is 0 Å². The summed E-state index contributed by atoms with van der Waals surface area (Å²) in [5.74, 6) is 0.346. The first-order valence-corrected chi connectivity index (χ1v) is 10.1. The lowest BCUT2D eigenvalue weighted by atomic mass is 10.1. The smallest absolute Gasteiger partial charge is 0.242 e. The molecule has 1 heterocycles. The predicted octanol–water partition coefficient (Wildman–Crippen LogP) is 3.59. The average molecular weight is 402 g/mol. The molecule has 1 aromatic carbocycles. The molecule has 0 bridgehead atoms. The molecular weight excluding hydrogens is 370 g/mol. The van der Waals surface area contributed by atoms with E-state index in [-0.39, 0.29) is 12.3 Å². The predicted molar refractivity (Wildman–Crippen MR) is 118 cm³/mol. The minimum atomic E-state index is -0.153. The van der Waals surface area contributed by atoms with Crippen molar-refractivity contribution in [1.29, 1.82) is 0 Å². The van der Waals surface area contributed by atoms with Crippen LogP contribution in [0.1, 0.15) is 48.8 Å². The van der Waals surface area contributed by atoms with Crippen molar-refractivity contribution < 1.29 is 4.79 Å². The molecule has 0 unspecified atom stereocenters. The van der Waals surface area contributed by atoms with Crippen LogP contribution in [-0.2, 0) is 24.2 Å². The van der Waals surface area contributed by atoms with E-state index in [0.717, 1.165) is 41.2 Å². The molecule has 2 rings (SSSR count). The van der Waals surface area contributed by atoms with Crippen LogP contribution >= 0.6 is 12.2 Å². The number of hydrogen-bond acceptors (Lipinski definition) is 3. The molecule has 0 aliphatic rings. The summed E-state index contributed by atoms with van der Waals surface area (Å²) >= 11 is 5.34. The van der Waals surface area contributed by atoms with Gasteiger partial charge in [-0.1, -0.05) is 39.0 Å². The van der Waals surface area contributed by atoms with E-state index in [1.165, 1.54) is 5.56 Å². The number of thiocarbonyl (C=S) groups is 1. The lowest BCUT2D eigenvalue weighted by Crippen LogP contribution is -2.44. The summed E-state index contributed by atoms with van der Waals surface area (Å²) < 4.78 is 1.98. The van der Waals surface area contributed by atoms with Crippen LogP contribution in [0.25, 0.3) is 0 Å². The maximum absolute atomic E-state index is 12.4. The van der Waals surface area contributed by atoms with E-state index < -0.39 is 0 Å². The van der Waals surface area contributed by atoms with Gasteiger partial charge in [0.05, 0.1) is 12.1 Å². The third-order valence-corrected chi connectivity index (χ3v) is 4.90. The van der Waals surface area contributed by atoms with Crippen molar-refractivity contribution in [3.63, 3.8) is 0 Å². The Hall–Kier alpha value is -2.41. The van der Waals surface area contributed by atoms with Gasteiger partial charge in [0, 0.05) is 23.5 Å². The summed E-state index contributed by atoms with van der Waals surface area (Å²) in [6, 6.07) is 6.13. The molecular formula is C21H31N5OS. The average Bonchev–Trinajstić information content (AvgIpc) is 2.88. The van der Waals surface area contributed by atoms with Crippen LogP contribution in [0.4, 0.5) is 5.69 Å². The van der Waals surface area contributed by atoms with Gasteiger partial charge in [-0.05, 0) is 56.5 Å². The molecule has 28 heavy (non-hydrogen) atoms. The molecule has 6 nitrogen and oxygen atoms in total. The van der Waals surface area contributed by atoms with Crippen LogP contribution < -0.4 is 16.2 Å². The fourth-order valence-corrected chi connectivity index (χ4v) is 3.34. The van der Waals surface area contributed by atoms with Gasteiger partial charge >= 0.3 is 0 Å². The van der Waals surface area contributed by atoms with Gasteiger partial charge in [0.25, 0.3) is 0 Å². The maximum Gasteiger partial charge on any atom is 0.242 e. The third-order valence-electron chi connectivity index (χ3n) is 4.70. The molecule has 7 heteroatoms. The number of para-hydroxylation sites is 1. The Balaban J connectivity index is 1.95. The minimum absolute atomic E-state index is 0.153. The van der Waals surface area contributed by atoms with Crippen molar-refractivity contribution in [3.05, 3.63) is 46.3 Å². The number of rotatable bonds is 6. The van der Waals surface area contributed by atoms with E-state index in [1.807, 2.05) is 37.6 Å². The van der Waals surface area contributed by atoms with E-state index >= 15 is 0 Å². The van der Waals surface area contributed by atoms with E-state index in [4.69, 9.17) is 12.2 Å². The summed E-state index contributed by atoms with van der Waals surface area (Å²) in [5, 5.41) is 8.11. The second-order valence-corrected chi connectivity index (χ2v) is 7.90. The first kappa shape index (κ1) is 21.9. The molecule has 1 amide bonds. The largest absolute Gasteiger partial charge is 0.331 e. The zero-order valence-electron chi connectivity index (χ0n) is 17.6. The molecule has 1 aromatic heterocycles. The van der Waals surface area contributed by atoms with Crippen LogP contribution in [0.3, 0.4) is 0 Å². The summed E-state index contributed by atoms with van der Waals surface area (Å²) in [6.45, 7) is 13.2. The molecule has 0 saturated carbocycles. The van der Waals surface area contributed by atoms with Crippen molar-refractivity contribution in [1.82, 2.24) is 20.6 Å². The maximum atomic E-state index is 12.4. The van der Waals surface area contributed by atoms with Gasteiger partial charge in [0.15, 0.2) is 5.11 Å². The van der Waals surface area contributed by atoms with Gasteiger partial charge in [0.1, 0.15) is 0 Å². The highest BCUT2D eigenvalue weighted by Crippen LogP contribution is 2.20. The fourth-order valence-electron chi connectivity index (χ4n) is 3.19. The van der Waals surface area contributed by atoms with Crippen molar-refractivity contribution >= 4 is 28.9 Å². The van der Waals surface area contributed by atoms with E-state index in [1.54, 1.807) is 0 Å². The number of aromatic nitrogens is 2. The van der Waals surface area contributed by atoms with E-state index in [2.05, 4.69) is 48.1 Å². The summed E-state index contributed by atoms with van der Waals surface area (Å²) in [4.78, 5) is 12.4. The van der Waals surface area contributed by atoms with Gasteiger partial charge in [-0.15, -0.1) is 0 Å². The Morgan fingerprint density at radius 3 is 2.57 bits per heavy atom. The molecule has 152 valence electrons. The highest BCUT2D eigenvalue weighted by Gasteiger charge is 2.16. The topological polar surface area (TPSA) is 71.0 Å². The second kappa shape index (κ2) is 9.68. The third kappa shape index (κ3) is 5.55. The molecule has 0 atom stereocenters. The monoisotopic (exact) mass is 401 g/mol. The van der Waals surface area contributed by atoms with E-state index in [0.29, 0.717) is 11.0 Å². The fraction of sp³-hybridized carbons (Fsp3) is 0.476. The van der Waals surface area contributed by atoms with Crippen LogP contribution in [0.15, 0.2) is 18.2 Å². The summed E-state index contributed by atoms with van der Waals surface area (Å²) in [7, 11) is 0. The number of hydrogen-bond donors (Lipinski definition) is 3. The number of amides is 1. The molecule has 0 radical (unpaired) electrons. The Kier molecular flexibility index (Phi) is 7.57. The Bertz CT molecular complexity index is 857. The normalized spacial score (nSPS) is 10.8. The minimum Gasteiger partial charge on any atom is -0.331 e. The SMILES string of the molecule is CCc1cccc(C)c1NC(=S)NNC(=O)Cc1c(C)nn(CC(C)C)c1C. The van der Waals surface area contributed by atoms with Crippen molar-refractivity contribution in [2.45, 2.75) is 60.9 Å². The number of nitrogens with one attached hydrogen (secondary N) is 3. The lowest BCUT2D eigenvalue weighted by Gasteiger charge is -2.16. The number of hydrazine groups is 1. The Morgan fingerprint density at radius 2 is 1.93 bits per heavy atom. The van der Waals surface area contributed by atoms with Gasteiger partial charge < -0.3 is 5.32 Å².